The first-order valence-electron chi connectivity index (χ1n) is 18.1. The molecule has 0 spiro atoms. The quantitative estimate of drug-likeness (QED) is 0.0693. The van der Waals surface area contributed by atoms with E-state index in [4.69, 9.17) is 29.7 Å². The number of hydrogen-bond acceptors (Lipinski definition) is 7. The first kappa shape index (κ1) is 43.6. The van der Waals surface area contributed by atoms with Crippen molar-refractivity contribution in [3.05, 3.63) is 91.5 Å². The van der Waals surface area contributed by atoms with Gasteiger partial charge in [0.1, 0.15) is 11.0 Å². The van der Waals surface area contributed by atoms with Crippen molar-refractivity contribution >= 4 is 67.5 Å². The van der Waals surface area contributed by atoms with Crippen LogP contribution in [0.25, 0.3) is 21.8 Å². The number of isothiocyanates is 1. The number of rotatable bonds is 16. The third kappa shape index (κ3) is 13.1. The van der Waals surface area contributed by atoms with Gasteiger partial charge in [0.2, 0.25) is 0 Å². The van der Waals surface area contributed by atoms with Gasteiger partial charge in [-0.2, -0.15) is 5.26 Å². The van der Waals surface area contributed by atoms with Crippen LogP contribution < -0.4 is 16.2 Å². The number of unbranched alkanes of at least 4 members (excludes halogenated alkanes) is 8. The second-order valence-corrected chi connectivity index (χ2v) is 14.1. The van der Waals surface area contributed by atoms with Crippen molar-refractivity contribution in [1.82, 2.24) is 14.5 Å². The predicted molar refractivity (Wildman–Crippen MR) is 226 cm³/mol. The minimum Gasteiger partial charge on any atom is -0.353 e. The molecule has 4 rings (SSSR count). The Hall–Kier alpha value is -3.61. The first-order valence-corrected chi connectivity index (χ1v) is 20.1. The van der Waals surface area contributed by atoms with Crippen LogP contribution in [0.2, 0.25) is 0 Å². The number of nitriles is 1. The van der Waals surface area contributed by atoms with Crippen molar-refractivity contribution < 1.29 is 0 Å². The fraction of sp³-hybridized carbons (Fsp3) is 0.488. The number of pyridine rings is 2. The molecule has 2 aromatic carbocycles. The number of nitrogens with zero attached hydrogens (tertiary/aromatic N) is 4. The molecule has 0 radical (unpaired) electrons. The summed E-state index contributed by atoms with van der Waals surface area (Å²) in [7, 11) is 0. The number of thiocarbonyl (C=S) groups is 2. The largest absolute Gasteiger partial charge is 0.353 e. The number of aliphatic imine (C=N–C) groups is 1. The molecule has 51 heavy (non-hydrogen) atoms. The van der Waals surface area contributed by atoms with Gasteiger partial charge in [0.25, 0.3) is 0 Å². The number of hydrogen-bond donors (Lipinski definition) is 1. The maximum atomic E-state index is 12.8. The van der Waals surface area contributed by atoms with E-state index in [9.17, 15) is 9.59 Å². The van der Waals surface area contributed by atoms with Crippen LogP contribution in [0.4, 0.5) is 0 Å². The highest BCUT2D eigenvalue weighted by Crippen LogP contribution is 2.20. The fourth-order valence-electron chi connectivity index (χ4n) is 6.26. The Kier molecular flexibility index (Phi) is 21.0. The van der Waals surface area contributed by atoms with Gasteiger partial charge in [-0.3, -0.25) is 9.59 Å². The van der Waals surface area contributed by atoms with Gasteiger partial charge in [-0.05, 0) is 82.3 Å². The second kappa shape index (κ2) is 24.6. The van der Waals surface area contributed by atoms with Crippen LogP contribution in [0.1, 0.15) is 107 Å². The van der Waals surface area contributed by atoms with Gasteiger partial charge < -0.3 is 14.5 Å². The molecule has 274 valence electrons. The van der Waals surface area contributed by atoms with Crippen LogP contribution in [-0.4, -0.2) is 24.9 Å². The third-order valence-corrected chi connectivity index (χ3v) is 10.2. The average molecular weight is 746 g/mol. The van der Waals surface area contributed by atoms with Gasteiger partial charge >= 0.3 is 0 Å². The Morgan fingerprint density at radius 3 is 1.67 bits per heavy atom. The Morgan fingerprint density at radius 1 is 0.784 bits per heavy atom. The summed E-state index contributed by atoms with van der Waals surface area (Å²) < 4.78 is 5.12. The highest BCUT2D eigenvalue weighted by Gasteiger charge is 2.15. The number of benzene rings is 2. The van der Waals surface area contributed by atoms with E-state index in [-0.39, 0.29) is 10.9 Å². The fourth-order valence-corrected chi connectivity index (χ4v) is 6.59. The molecule has 0 aliphatic heterocycles. The van der Waals surface area contributed by atoms with Crippen LogP contribution in [-0.2, 0) is 26.2 Å². The standard InChI is InChI=1S/C20H28N2OS2.C19H24N2OS.C2H3N/c1-4-5-6-7-8-12-17-15(2)19(23)16-11-9-10-13-18(16)22(17)14-21-20(24)25-3;1-3-4-5-6-7-11-17-15(2)19(22)16-10-8-9-12-18(16)21(17)13-20-14-23;1-2-3/h9-11,13H,4-8,12,14H2,1-3H3,(H,21,24);8-10,12H,3-7,11,13H2,1-2H3;1H3. The van der Waals surface area contributed by atoms with E-state index in [1.54, 1.807) is 6.07 Å². The van der Waals surface area contributed by atoms with Crippen molar-refractivity contribution in [2.45, 2.75) is 125 Å². The summed E-state index contributed by atoms with van der Waals surface area (Å²) >= 11 is 11.5. The molecular weight excluding hydrogens is 691 g/mol. The summed E-state index contributed by atoms with van der Waals surface area (Å²) in [6.07, 6.45) is 16.0. The van der Waals surface area contributed by atoms with E-state index < -0.39 is 0 Å². The first-order chi connectivity index (χ1) is 24.7. The van der Waals surface area contributed by atoms with Crippen LogP contribution >= 0.6 is 36.2 Å². The van der Waals surface area contributed by atoms with Crippen molar-refractivity contribution in [3.63, 3.8) is 0 Å². The molecule has 0 aliphatic carbocycles. The molecule has 4 aromatic rings. The molecule has 0 bridgehead atoms. The Balaban J connectivity index is 0.000000329. The van der Waals surface area contributed by atoms with Crippen molar-refractivity contribution in [3.8, 4) is 6.07 Å². The van der Waals surface area contributed by atoms with E-state index >= 15 is 0 Å². The van der Waals surface area contributed by atoms with E-state index in [1.807, 2.05) is 68.6 Å². The molecule has 2 heterocycles. The smallest absolute Gasteiger partial charge is 0.192 e. The lowest BCUT2D eigenvalue weighted by molar-refractivity contribution is 0.595. The second-order valence-electron chi connectivity index (χ2n) is 12.5. The molecule has 0 saturated heterocycles. The highest BCUT2D eigenvalue weighted by molar-refractivity contribution is 8.22. The SMILES string of the molecule is CC#N.CCCCCCCc1c(C)c(=O)c2ccccc2n1CN=C=S.CCCCCCCc1c(C)c(=O)c2ccccc2n1CNC(=S)SC. The van der Waals surface area contributed by atoms with Crippen LogP contribution in [0.15, 0.2) is 63.1 Å². The summed E-state index contributed by atoms with van der Waals surface area (Å²) in [5.74, 6) is 0. The maximum Gasteiger partial charge on any atom is 0.192 e. The van der Waals surface area contributed by atoms with Gasteiger partial charge in [0.15, 0.2) is 10.9 Å². The minimum absolute atomic E-state index is 0.131. The average Bonchev–Trinajstić information content (AvgIpc) is 3.15. The molecule has 0 atom stereocenters. The third-order valence-electron chi connectivity index (χ3n) is 8.96. The topological polar surface area (TPSA) is 92.2 Å². The lowest BCUT2D eigenvalue weighted by Crippen LogP contribution is -2.27. The van der Waals surface area contributed by atoms with Crippen LogP contribution in [0, 0.1) is 25.2 Å². The summed E-state index contributed by atoms with van der Waals surface area (Å²) in [6.45, 7) is 10.8. The zero-order chi connectivity index (χ0) is 37.6. The van der Waals surface area contributed by atoms with Gasteiger partial charge in [0, 0.05) is 40.2 Å². The molecule has 0 fully saturated rings. The lowest BCUT2D eigenvalue weighted by atomic mass is 10.0. The number of thioether (sulfide) groups is 1. The lowest BCUT2D eigenvalue weighted by Gasteiger charge is -2.20. The highest BCUT2D eigenvalue weighted by atomic mass is 32.2. The number of aromatic nitrogens is 2. The van der Waals surface area contributed by atoms with Gasteiger partial charge in [-0.1, -0.05) is 102 Å². The number of fused-ring (bicyclic) bond motifs is 2. The zero-order valence-electron chi connectivity index (χ0n) is 31.3. The van der Waals surface area contributed by atoms with E-state index in [1.165, 1.54) is 70.1 Å². The number of nitrogens with one attached hydrogen (secondary N) is 1. The summed E-state index contributed by atoms with van der Waals surface area (Å²) in [5.41, 5.74) is 6.12. The molecule has 1 N–H and O–H groups in total. The molecule has 0 aliphatic rings. The Morgan fingerprint density at radius 2 is 1.22 bits per heavy atom. The summed E-state index contributed by atoms with van der Waals surface area (Å²) in [5, 5.41) is 14.6. The van der Waals surface area contributed by atoms with E-state index in [2.05, 4.69) is 38.5 Å². The van der Waals surface area contributed by atoms with Gasteiger partial charge in [-0.25, -0.2) is 4.99 Å². The van der Waals surface area contributed by atoms with Gasteiger partial charge in [0.05, 0.1) is 28.9 Å². The Bertz CT molecular complexity index is 1920. The zero-order valence-corrected chi connectivity index (χ0v) is 33.8. The molecule has 0 unspecified atom stereocenters. The van der Waals surface area contributed by atoms with Crippen molar-refractivity contribution in [2.75, 3.05) is 6.26 Å². The minimum atomic E-state index is 0.131. The molecule has 7 nitrogen and oxygen atoms in total. The maximum absolute atomic E-state index is 12.8. The molecule has 0 saturated carbocycles. The molecule has 0 amide bonds. The number of para-hydroxylation sites is 2. The summed E-state index contributed by atoms with van der Waals surface area (Å²) in [6, 6.07) is 17.3. The molecular formula is C41H55N5O2S3. The van der Waals surface area contributed by atoms with Crippen molar-refractivity contribution in [1.29, 1.82) is 5.26 Å². The predicted octanol–water partition coefficient (Wildman–Crippen LogP) is 10.4. The van der Waals surface area contributed by atoms with E-state index in [0.29, 0.717) is 13.3 Å². The molecule has 2 aromatic heterocycles. The van der Waals surface area contributed by atoms with Gasteiger partial charge in [-0.15, -0.1) is 11.8 Å². The van der Waals surface area contributed by atoms with Crippen LogP contribution in [0.3, 0.4) is 0 Å². The Labute approximate surface area is 319 Å². The normalized spacial score (nSPS) is 10.4. The van der Waals surface area contributed by atoms with E-state index in [0.717, 1.165) is 74.3 Å². The molecule has 10 heteroatoms. The van der Waals surface area contributed by atoms with Crippen LogP contribution in [0.5, 0.6) is 0 Å². The van der Waals surface area contributed by atoms with Crippen molar-refractivity contribution in [2.24, 2.45) is 4.99 Å². The monoisotopic (exact) mass is 745 g/mol. The summed E-state index contributed by atoms with van der Waals surface area (Å²) in [4.78, 5) is 29.5.